The summed E-state index contributed by atoms with van der Waals surface area (Å²) in [5, 5.41) is 4.15. The molecule has 33 heavy (non-hydrogen) atoms. The van der Waals surface area contributed by atoms with Crippen LogP contribution in [0.4, 0.5) is 0 Å². The van der Waals surface area contributed by atoms with E-state index in [9.17, 15) is 9.59 Å². The van der Waals surface area contributed by atoms with Gasteiger partial charge < -0.3 is 24.3 Å². The molecule has 0 radical (unpaired) electrons. The molecule has 1 aliphatic carbocycles. The third kappa shape index (κ3) is 4.18. The average Bonchev–Trinajstić information content (AvgIpc) is 3.17. The molecular weight excluding hydrogens is 418 g/mol. The number of hydrogen-bond donors (Lipinski definition) is 1. The van der Waals surface area contributed by atoms with Crippen LogP contribution in [0.15, 0.2) is 18.2 Å². The number of benzene rings is 1. The molecule has 7 nitrogen and oxygen atoms in total. The molecule has 1 fully saturated rings. The molecule has 1 N–H and O–H groups in total. The van der Waals surface area contributed by atoms with E-state index in [0.29, 0.717) is 30.3 Å². The van der Waals surface area contributed by atoms with Gasteiger partial charge >= 0.3 is 0 Å². The van der Waals surface area contributed by atoms with Crippen LogP contribution in [0.5, 0.6) is 11.5 Å². The van der Waals surface area contributed by atoms with Crippen molar-refractivity contribution in [1.82, 2.24) is 14.8 Å². The summed E-state index contributed by atoms with van der Waals surface area (Å²) in [4.78, 5) is 29.3. The summed E-state index contributed by atoms with van der Waals surface area (Å²) in [5.41, 5.74) is 0.376. The van der Waals surface area contributed by atoms with Crippen molar-refractivity contribution < 1.29 is 19.1 Å². The minimum atomic E-state index is -0.984. The third-order valence-corrected chi connectivity index (χ3v) is 7.32. The molecule has 1 atom stereocenters. The maximum absolute atomic E-state index is 13.8. The summed E-state index contributed by atoms with van der Waals surface area (Å²) in [6.07, 6.45) is 8.82. The van der Waals surface area contributed by atoms with Gasteiger partial charge in [-0.15, -0.1) is 0 Å². The quantitative estimate of drug-likeness (QED) is 0.696. The van der Waals surface area contributed by atoms with Crippen LogP contribution in [-0.4, -0.2) is 53.6 Å². The number of fused-ring (bicyclic) bond motifs is 3. The van der Waals surface area contributed by atoms with Crippen LogP contribution in [0.3, 0.4) is 0 Å². The number of ether oxygens (including phenoxy) is 2. The van der Waals surface area contributed by atoms with Gasteiger partial charge in [0, 0.05) is 18.0 Å². The molecule has 1 aromatic carbocycles. The second-order valence-electron chi connectivity index (χ2n) is 9.59. The molecule has 0 saturated heterocycles. The normalized spacial score (nSPS) is 21.9. The van der Waals surface area contributed by atoms with Crippen LogP contribution < -0.4 is 14.8 Å². The van der Waals surface area contributed by atoms with Gasteiger partial charge in [0.15, 0.2) is 0 Å². The van der Waals surface area contributed by atoms with Gasteiger partial charge in [-0.25, -0.2) is 0 Å². The van der Waals surface area contributed by atoms with Crippen LogP contribution >= 0.6 is 0 Å². The van der Waals surface area contributed by atoms with Gasteiger partial charge in [0.05, 0.1) is 26.3 Å². The van der Waals surface area contributed by atoms with Crippen LogP contribution in [0.1, 0.15) is 75.7 Å². The Hall–Kier alpha value is -2.70. The lowest BCUT2D eigenvalue weighted by atomic mass is 9.92. The second kappa shape index (κ2) is 9.65. The zero-order chi connectivity index (χ0) is 23.6. The Kier molecular flexibility index (Phi) is 6.86. The highest BCUT2D eigenvalue weighted by molar-refractivity contribution is 6.05. The van der Waals surface area contributed by atoms with Crippen molar-refractivity contribution in [3.63, 3.8) is 0 Å². The fourth-order valence-electron chi connectivity index (χ4n) is 5.47. The Morgan fingerprint density at radius 2 is 1.73 bits per heavy atom. The van der Waals surface area contributed by atoms with Gasteiger partial charge in [0.1, 0.15) is 22.7 Å². The van der Waals surface area contributed by atoms with Gasteiger partial charge in [-0.2, -0.15) is 0 Å². The summed E-state index contributed by atoms with van der Waals surface area (Å²) >= 11 is 0. The summed E-state index contributed by atoms with van der Waals surface area (Å²) in [6.45, 7) is 4.85. The van der Waals surface area contributed by atoms with Crippen molar-refractivity contribution >= 4 is 22.7 Å². The highest BCUT2D eigenvalue weighted by Gasteiger charge is 2.48. The van der Waals surface area contributed by atoms with E-state index >= 15 is 0 Å². The first-order valence-corrected chi connectivity index (χ1v) is 12.3. The molecule has 2 aliphatic rings. The van der Waals surface area contributed by atoms with Crippen molar-refractivity contribution in [3.8, 4) is 11.5 Å². The van der Waals surface area contributed by atoms with E-state index in [1.54, 1.807) is 19.1 Å². The molecule has 2 amide bonds. The van der Waals surface area contributed by atoms with E-state index in [0.717, 1.165) is 43.0 Å². The zero-order valence-corrected chi connectivity index (χ0v) is 20.4. The molecule has 1 aromatic heterocycles. The number of amides is 2. The van der Waals surface area contributed by atoms with E-state index in [4.69, 9.17) is 9.47 Å². The number of carbonyl (C=O) groups is 2. The number of methoxy groups -OCH3 is 2. The first kappa shape index (κ1) is 23.5. The number of aromatic nitrogens is 1. The summed E-state index contributed by atoms with van der Waals surface area (Å²) in [5.74, 6) is 1.16. The minimum Gasteiger partial charge on any atom is -0.496 e. The molecule has 7 heteroatoms. The molecule has 1 aliphatic heterocycles. The Labute approximate surface area is 196 Å². The third-order valence-electron chi connectivity index (χ3n) is 7.32. The standard InChI is InChI=1S/C26H37N3O4/c1-5-15-29-24(30)20-16-19-21(32-3)13-14-22(33-4)23(19)28(20)17-26(29,2)25(31)27-18-11-9-7-6-8-10-12-18/h13-14,16,18H,5-12,15,17H2,1-4H3,(H,27,31)/t26-/m0/s1. The molecule has 2 aromatic rings. The van der Waals surface area contributed by atoms with Gasteiger partial charge in [0.25, 0.3) is 5.91 Å². The molecular formula is C26H37N3O4. The molecule has 0 bridgehead atoms. The fraction of sp³-hybridized carbons (Fsp3) is 0.615. The highest BCUT2D eigenvalue weighted by atomic mass is 16.5. The summed E-state index contributed by atoms with van der Waals surface area (Å²) in [7, 11) is 3.24. The predicted molar refractivity (Wildman–Crippen MR) is 129 cm³/mol. The first-order chi connectivity index (χ1) is 15.9. The van der Waals surface area contributed by atoms with Crippen molar-refractivity contribution in [2.45, 2.75) is 83.3 Å². The lowest BCUT2D eigenvalue weighted by molar-refractivity contribution is -0.133. The number of hydrogen-bond acceptors (Lipinski definition) is 4. The summed E-state index contributed by atoms with van der Waals surface area (Å²) < 4.78 is 13.1. The Bertz CT molecular complexity index is 1020. The summed E-state index contributed by atoms with van der Waals surface area (Å²) in [6, 6.07) is 5.74. The molecule has 0 spiro atoms. The van der Waals surface area contributed by atoms with E-state index in [2.05, 4.69) is 5.32 Å². The number of nitrogens with one attached hydrogen (secondary N) is 1. The topological polar surface area (TPSA) is 72.8 Å². The SMILES string of the molecule is CCCN1C(=O)c2cc3c(OC)ccc(OC)c3n2C[C@@]1(C)C(=O)NC1CCCCCCC1. The van der Waals surface area contributed by atoms with Gasteiger partial charge in [-0.3, -0.25) is 9.59 Å². The highest BCUT2D eigenvalue weighted by Crippen LogP contribution is 2.40. The average molecular weight is 456 g/mol. The maximum Gasteiger partial charge on any atom is 0.271 e. The second-order valence-corrected chi connectivity index (χ2v) is 9.59. The lowest BCUT2D eigenvalue weighted by Crippen LogP contribution is -2.65. The largest absolute Gasteiger partial charge is 0.496 e. The minimum absolute atomic E-state index is 0.0655. The number of rotatable bonds is 6. The zero-order valence-electron chi connectivity index (χ0n) is 20.4. The van der Waals surface area contributed by atoms with E-state index in [1.807, 2.05) is 36.6 Å². The lowest BCUT2D eigenvalue weighted by Gasteiger charge is -2.44. The monoisotopic (exact) mass is 455 g/mol. The maximum atomic E-state index is 13.8. The Morgan fingerprint density at radius 3 is 2.36 bits per heavy atom. The van der Waals surface area contributed by atoms with Crippen molar-refractivity contribution in [2.75, 3.05) is 20.8 Å². The number of carbonyl (C=O) groups excluding carboxylic acids is 2. The van der Waals surface area contributed by atoms with Gasteiger partial charge in [-0.1, -0.05) is 39.0 Å². The Morgan fingerprint density at radius 1 is 1.09 bits per heavy atom. The molecule has 1 saturated carbocycles. The van der Waals surface area contributed by atoms with Crippen LogP contribution in [0.2, 0.25) is 0 Å². The predicted octanol–water partition coefficient (Wildman–Crippen LogP) is 4.51. The molecule has 0 unspecified atom stereocenters. The van der Waals surface area contributed by atoms with Crippen LogP contribution in [-0.2, 0) is 11.3 Å². The smallest absolute Gasteiger partial charge is 0.271 e. The molecule has 180 valence electrons. The van der Waals surface area contributed by atoms with Crippen LogP contribution in [0, 0.1) is 0 Å². The molecule has 2 heterocycles. The van der Waals surface area contributed by atoms with E-state index in [-0.39, 0.29) is 17.9 Å². The van der Waals surface area contributed by atoms with Gasteiger partial charge in [0.2, 0.25) is 5.91 Å². The Balaban J connectivity index is 1.75. The van der Waals surface area contributed by atoms with Crippen molar-refractivity contribution in [3.05, 3.63) is 23.9 Å². The van der Waals surface area contributed by atoms with Crippen LogP contribution in [0.25, 0.3) is 10.9 Å². The first-order valence-electron chi connectivity index (χ1n) is 12.3. The number of nitrogens with zero attached hydrogens (tertiary/aromatic N) is 2. The van der Waals surface area contributed by atoms with E-state index < -0.39 is 5.54 Å². The fourth-order valence-corrected chi connectivity index (χ4v) is 5.47. The van der Waals surface area contributed by atoms with Gasteiger partial charge in [-0.05, 0) is 44.4 Å². The van der Waals surface area contributed by atoms with E-state index in [1.165, 1.54) is 19.3 Å². The van der Waals surface area contributed by atoms with Crippen molar-refractivity contribution in [2.24, 2.45) is 0 Å². The molecule has 4 rings (SSSR count). The van der Waals surface area contributed by atoms with Crippen molar-refractivity contribution in [1.29, 1.82) is 0 Å².